The summed E-state index contributed by atoms with van der Waals surface area (Å²) >= 11 is 0. The van der Waals surface area contributed by atoms with Crippen LogP contribution >= 0.6 is 0 Å². The normalized spacial score (nSPS) is 11.0. The number of anilines is 1. The molecule has 25 heavy (non-hydrogen) atoms. The van der Waals surface area contributed by atoms with Crippen LogP contribution < -0.4 is 15.4 Å². The number of aromatic amines is 1. The van der Waals surface area contributed by atoms with E-state index in [-0.39, 0.29) is 0 Å². The first kappa shape index (κ1) is 17.4. The molecule has 0 saturated heterocycles. The number of ether oxygens (including phenoxy) is 1. The summed E-state index contributed by atoms with van der Waals surface area (Å²) in [5.41, 5.74) is 11.8. The zero-order valence-electron chi connectivity index (χ0n) is 15.3. The predicted octanol–water partition coefficient (Wildman–Crippen LogP) is 4.19. The molecule has 0 bridgehead atoms. The number of aromatic nitrogens is 1. The maximum Gasteiger partial charge on any atom is 0.119 e. The minimum absolute atomic E-state index is 0.735. The fourth-order valence-corrected chi connectivity index (χ4v) is 3.23. The van der Waals surface area contributed by atoms with Gasteiger partial charge >= 0.3 is 0 Å². The molecule has 1 heterocycles. The number of unbranched alkanes of at least 4 members (excludes halogenated alkanes) is 1. The highest BCUT2D eigenvalue weighted by atomic mass is 16.5. The van der Waals surface area contributed by atoms with Crippen molar-refractivity contribution in [3.05, 3.63) is 48.0 Å². The lowest BCUT2D eigenvalue weighted by Crippen LogP contribution is -2.07. The number of aryl methyl sites for hydroxylation is 1. The van der Waals surface area contributed by atoms with E-state index >= 15 is 0 Å². The molecule has 0 spiro atoms. The van der Waals surface area contributed by atoms with Crippen molar-refractivity contribution >= 4 is 16.6 Å². The molecule has 0 atom stereocenters. The van der Waals surface area contributed by atoms with E-state index in [2.05, 4.69) is 60.4 Å². The summed E-state index contributed by atoms with van der Waals surface area (Å²) in [6.45, 7) is 0.735. The van der Waals surface area contributed by atoms with E-state index in [1.807, 2.05) is 6.07 Å². The van der Waals surface area contributed by atoms with E-state index in [9.17, 15) is 0 Å². The van der Waals surface area contributed by atoms with Gasteiger partial charge in [0.25, 0.3) is 0 Å². The Morgan fingerprint density at radius 3 is 2.44 bits per heavy atom. The molecule has 3 N–H and O–H groups in total. The third kappa shape index (κ3) is 3.64. The van der Waals surface area contributed by atoms with Crippen molar-refractivity contribution in [3.8, 4) is 17.0 Å². The van der Waals surface area contributed by atoms with Gasteiger partial charge < -0.3 is 20.4 Å². The quantitative estimate of drug-likeness (QED) is 0.636. The highest BCUT2D eigenvalue weighted by Gasteiger charge is 2.14. The number of nitrogens with one attached hydrogen (secondary N) is 1. The fourth-order valence-electron chi connectivity index (χ4n) is 3.23. The van der Waals surface area contributed by atoms with Crippen LogP contribution in [-0.4, -0.2) is 32.7 Å². The third-order valence-corrected chi connectivity index (χ3v) is 4.67. The zero-order valence-corrected chi connectivity index (χ0v) is 15.3. The molecule has 1 aromatic heterocycles. The molecule has 0 saturated carbocycles. The van der Waals surface area contributed by atoms with Crippen molar-refractivity contribution in [1.29, 1.82) is 0 Å². The number of fused-ring (bicyclic) bond motifs is 1. The lowest BCUT2D eigenvalue weighted by molar-refractivity contribution is 0.415. The minimum Gasteiger partial charge on any atom is -0.497 e. The van der Waals surface area contributed by atoms with Gasteiger partial charge in [0.2, 0.25) is 0 Å². The van der Waals surface area contributed by atoms with Crippen LogP contribution in [0.15, 0.2) is 42.5 Å². The number of nitrogens with zero attached hydrogens (tertiary/aromatic N) is 1. The molecule has 4 nitrogen and oxygen atoms in total. The standard InChI is InChI=1S/C21H27N3O/c1-24(2)16-9-7-15(8-10-16)21-18(6-4-5-13-22)19-14-17(25-3)11-12-20(19)23-21/h7-12,14,23H,4-6,13,22H2,1-3H3. The van der Waals surface area contributed by atoms with Crippen LogP contribution in [0.1, 0.15) is 18.4 Å². The number of rotatable bonds is 7. The number of H-pyrrole nitrogens is 1. The van der Waals surface area contributed by atoms with Gasteiger partial charge in [0.05, 0.1) is 7.11 Å². The van der Waals surface area contributed by atoms with Gasteiger partial charge in [-0.3, -0.25) is 0 Å². The van der Waals surface area contributed by atoms with Gasteiger partial charge in [-0.05, 0) is 67.3 Å². The molecular formula is C21H27N3O. The van der Waals surface area contributed by atoms with E-state index < -0.39 is 0 Å². The van der Waals surface area contributed by atoms with Crippen molar-refractivity contribution in [1.82, 2.24) is 4.98 Å². The predicted molar refractivity (Wildman–Crippen MR) is 107 cm³/mol. The largest absolute Gasteiger partial charge is 0.497 e. The number of hydrogen-bond acceptors (Lipinski definition) is 3. The molecule has 0 aliphatic rings. The summed E-state index contributed by atoms with van der Waals surface area (Å²) in [7, 11) is 5.83. The Kier molecular flexibility index (Phi) is 5.29. The molecule has 0 radical (unpaired) electrons. The Hall–Kier alpha value is -2.46. The average Bonchev–Trinajstić information content (AvgIpc) is 3.00. The highest BCUT2D eigenvalue weighted by Crippen LogP contribution is 2.34. The van der Waals surface area contributed by atoms with Crippen molar-refractivity contribution in [2.75, 3.05) is 32.6 Å². The molecular weight excluding hydrogens is 310 g/mol. The summed E-state index contributed by atoms with van der Waals surface area (Å²) < 4.78 is 5.42. The van der Waals surface area contributed by atoms with Crippen LogP contribution in [-0.2, 0) is 6.42 Å². The van der Waals surface area contributed by atoms with Gasteiger partial charge in [0.1, 0.15) is 5.75 Å². The van der Waals surface area contributed by atoms with Gasteiger partial charge in [0, 0.05) is 36.4 Å². The lowest BCUT2D eigenvalue weighted by atomic mass is 10.00. The molecule has 132 valence electrons. The molecule has 0 aliphatic carbocycles. The molecule has 0 aliphatic heterocycles. The first-order valence-corrected chi connectivity index (χ1v) is 8.80. The van der Waals surface area contributed by atoms with Crippen LogP contribution in [0.4, 0.5) is 5.69 Å². The number of benzene rings is 2. The maximum atomic E-state index is 5.69. The first-order chi connectivity index (χ1) is 12.1. The van der Waals surface area contributed by atoms with Crippen molar-refractivity contribution in [2.24, 2.45) is 5.73 Å². The van der Waals surface area contributed by atoms with Crippen LogP contribution in [0.25, 0.3) is 22.2 Å². The van der Waals surface area contributed by atoms with Crippen molar-refractivity contribution in [2.45, 2.75) is 19.3 Å². The smallest absolute Gasteiger partial charge is 0.119 e. The van der Waals surface area contributed by atoms with Crippen LogP contribution in [0.3, 0.4) is 0 Å². The summed E-state index contributed by atoms with van der Waals surface area (Å²) in [5, 5.41) is 1.24. The maximum absolute atomic E-state index is 5.69. The Balaban J connectivity index is 2.07. The summed E-state index contributed by atoms with van der Waals surface area (Å²) in [6.07, 6.45) is 3.13. The van der Waals surface area contributed by atoms with Crippen molar-refractivity contribution in [3.63, 3.8) is 0 Å². The second-order valence-electron chi connectivity index (χ2n) is 6.58. The van der Waals surface area contributed by atoms with Gasteiger partial charge in [0.15, 0.2) is 0 Å². The van der Waals surface area contributed by atoms with E-state index in [4.69, 9.17) is 10.5 Å². The summed E-state index contributed by atoms with van der Waals surface area (Å²) in [5.74, 6) is 0.890. The fraction of sp³-hybridized carbons (Fsp3) is 0.333. The monoisotopic (exact) mass is 337 g/mol. The van der Waals surface area contributed by atoms with Gasteiger partial charge in [-0.1, -0.05) is 12.1 Å². The van der Waals surface area contributed by atoms with E-state index in [0.29, 0.717) is 0 Å². The molecule has 2 aromatic carbocycles. The van der Waals surface area contributed by atoms with Gasteiger partial charge in [-0.2, -0.15) is 0 Å². The minimum atomic E-state index is 0.735. The van der Waals surface area contributed by atoms with Crippen LogP contribution in [0.5, 0.6) is 5.75 Å². The van der Waals surface area contributed by atoms with Crippen LogP contribution in [0, 0.1) is 0 Å². The van der Waals surface area contributed by atoms with Crippen molar-refractivity contribution < 1.29 is 4.74 Å². The highest BCUT2D eigenvalue weighted by molar-refractivity contribution is 5.92. The Morgan fingerprint density at radius 2 is 1.80 bits per heavy atom. The molecule has 4 heteroatoms. The van der Waals surface area contributed by atoms with E-state index in [1.165, 1.54) is 27.9 Å². The Morgan fingerprint density at radius 1 is 1.04 bits per heavy atom. The SMILES string of the molecule is COc1ccc2[nH]c(-c3ccc(N(C)C)cc3)c(CCCCN)c2c1. The lowest BCUT2D eigenvalue weighted by Gasteiger charge is -2.13. The molecule has 0 fully saturated rings. The molecule has 3 aromatic rings. The third-order valence-electron chi connectivity index (χ3n) is 4.67. The Bertz CT molecular complexity index is 834. The molecule has 0 amide bonds. The summed E-state index contributed by atoms with van der Waals surface area (Å²) in [6, 6.07) is 14.9. The Labute approximate surface area is 149 Å². The second-order valence-corrected chi connectivity index (χ2v) is 6.58. The van der Waals surface area contributed by atoms with Crippen LogP contribution in [0.2, 0.25) is 0 Å². The first-order valence-electron chi connectivity index (χ1n) is 8.80. The van der Waals surface area contributed by atoms with Gasteiger partial charge in [-0.15, -0.1) is 0 Å². The second kappa shape index (κ2) is 7.62. The average molecular weight is 337 g/mol. The topological polar surface area (TPSA) is 54.3 Å². The zero-order chi connectivity index (χ0) is 17.8. The number of nitrogens with two attached hydrogens (primary N) is 1. The van der Waals surface area contributed by atoms with Gasteiger partial charge in [-0.25, -0.2) is 0 Å². The number of methoxy groups -OCH3 is 1. The molecule has 3 rings (SSSR count). The van der Waals surface area contributed by atoms with E-state index in [1.54, 1.807) is 7.11 Å². The van der Waals surface area contributed by atoms with E-state index in [0.717, 1.165) is 37.1 Å². The number of hydrogen-bond donors (Lipinski definition) is 2. The summed E-state index contributed by atoms with van der Waals surface area (Å²) in [4.78, 5) is 5.72. The molecule has 0 unspecified atom stereocenters.